The van der Waals surface area contributed by atoms with Crippen LogP contribution >= 0.6 is 0 Å². The number of pyridine rings is 1. The van der Waals surface area contributed by atoms with E-state index in [9.17, 15) is 22.8 Å². The highest BCUT2D eigenvalue weighted by atomic mass is 19.4. The third kappa shape index (κ3) is 7.43. The van der Waals surface area contributed by atoms with E-state index in [0.29, 0.717) is 55.1 Å². The van der Waals surface area contributed by atoms with E-state index < -0.39 is 23.5 Å². The molecule has 1 fully saturated rings. The predicted molar refractivity (Wildman–Crippen MR) is 174 cm³/mol. The van der Waals surface area contributed by atoms with Crippen molar-refractivity contribution in [2.75, 3.05) is 42.7 Å². The van der Waals surface area contributed by atoms with Crippen molar-refractivity contribution in [3.63, 3.8) is 0 Å². The van der Waals surface area contributed by atoms with Gasteiger partial charge in [0.25, 0.3) is 0 Å². The molecule has 1 aliphatic carbocycles. The van der Waals surface area contributed by atoms with Gasteiger partial charge in [-0.3, -0.25) is 14.5 Å². The zero-order chi connectivity index (χ0) is 33.9. The Hall–Kier alpha value is -5.24. The van der Waals surface area contributed by atoms with Crippen LogP contribution in [0, 0.1) is 6.92 Å². The number of alkyl halides is 3. The second kappa shape index (κ2) is 13.6. The number of nitrogens with zero attached hydrogens (tertiary/aromatic N) is 5. The number of carbonyl (C=O) groups is 2. The van der Waals surface area contributed by atoms with Gasteiger partial charge in [-0.2, -0.15) is 18.2 Å². The summed E-state index contributed by atoms with van der Waals surface area (Å²) >= 11 is 0. The zero-order valence-corrected chi connectivity index (χ0v) is 26.4. The molecule has 3 N–H and O–H groups in total. The van der Waals surface area contributed by atoms with E-state index >= 15 is 0 Å². The van der Waals surface area contributed by atoms with Gasteiger partial charge in [0.05, 0.1) is 24.2 Å². The van der Waals surface area contributed by atoms with Crippen molar-refractivity contribution >= 4 is 46.2 Å². The van der Waals surface area contributed by atoms with Gasteiger partial charge in [0.15, 0.2) is 0 Å². The van der Waals surface area contributed by atoms with Gasteiger partial charge in [0.1, 0.15) is 11.4 Å². The number of rotatable bonds is 10. The van der Waals surface area contributed by atoms with Gasteiger partial charge in [-0.1, -0.05) is 30.9 Å². The van der Waals surface area contributed by atoms with Gasteiger partial charge in [-0.25, -0.2) is 9.97 Å². The number of halogens is 3. The van der Waals surface area contributed by atoms with Gasteiger partial charge >= 0.3 is 6.18 Å². The van der Waals surface area contributed by atoms with Crippen LogP contribution in [0.15, 0.2) is 61.5 Å². The van der Waals surface area contributed by atoms with E-state index in [1.807, 2.05) is 31.2 Å². The summed E-state index contributed by atoms with van der Waals surface area (Å²) in [5.41, 5.74) is 2.83. The van der Waals surface area contributed by atoms with Gasteiger partial charge in [0.2, 0.25) is 23.6 Å². The van der Waals surface area contributed by atoms with Crippen molar-refractivity contribution in [2.45, 2.75) is 39.5 Å². The molecule has 3 aromatic rings. The minimum absolute atomic E-state index is 0.0174. The largest absolute Gasteiger partial charge is 0.481 e. The number of carbonyl (C=O) groups excluding carboxylic acids is 2. The summed E-state index contributed by atoms with van der Waals surface area (Å²) in [5.74, 6) is -0.846. The molecule has 1 saturated heterocycles. The Bertz CT molecular complexity index is 1770. The van der Waals surface area contributed by atoms with Crippen LogP contribution in [0.25, 0.3) is 5.57 Å². The molecule has 0 saturated carbocycles. The topological polar surface area (TPSA) is 125 Å². The lowest BCUT2D eigenvalue weighted by Gasteiger charge is -2.40. The lowest BCUT2D eigenvalue weighted by molar-refractivity contribution is -0.137. The lowest BCUT2D eigenvalue weighted by atomic mass is 9.91. The monoisotopic (exact) mass is 648 g/mol. The first-order valence-corrected chi connectivity index (χ1v) is 14.8. The summed E-state index contributed by atoms with van der Waals surface area (Å²) in [5, 5.41) is 8.59. The molecular weight excluding hydrogens is 613 g/mol. The van der Waals surface area contributed by atoms with Gasteiger partial charge in [-0.05, 0) is 42.7 Å². The zero-order valence-electron chi connectivity index (χ0n) is 26.4. The molecule has 2 amide bonds. The number of ether oxygens (including phenoxy) is 1. The number of hydrogen-bond acceptors (Lipinski definition) is 9. The van der Waals surface area contributed by atoms with Crippen molar-refractivity contribution in [1.82, 2.24) is 24.8 Å². The summed E-state index contributed by atoms with van der Waals surface area (Å²) < 4.78 is 47.9. The normalized spacial score (nSPS) is 16.2. The number of methoxy groups -OCH3 is 1. The van der Waals surface area contributed by atoms with Gasteiger partial charge in [-0.15, -0.1) is 0 Å². The van der Waals surface area contributed by atoms with E-state index in [4.69, 9.17) is 4.74 Å². The number of allylic oxidation sites excluding steroid dienone is 4. The number of benzene rings is 1. The van der Waals surface area contributed by atoms with Crippen molar-refractivity contribution in [2.24, 2.45) is 0 Å². The molecular formula is C33H35F3N8O3. The van der Waals surface area contributed by atoms with E-state index in [1.54, 1.807) is 37.1 Å². The number of hydrogen-bond donors (Lipinski definition) is 3. The maximum atomic E-state index is 14.3. The SMILES string of the molecule is C=CC(=O)Nc1c(Nc2nc(Nc3cc(OC)ncc3C)ncc2C(F)(F)F)ccc(CN2CCN(C(C)=O)C[C@@H]2C)c1C1=CC=C1. The van der Waals surface area contributed by atoms with Crippen LogP contribution in [0.5, 0.6) is 5.88 Å². The van der Waals surface area contributed by atoms with Crippen LogP contribution < -0.4 is 20.7 Å². The molecule has 11 nitrogen and oxygen atoms in total. The standard InChI is InChI=1S/C33H35F3N8O3/c1-6-27(46)41-30-25(11-10-23(29(30)22-8-7-9-22)18-43-12-13-44(21(4)45)17-20(43)3)39-31-24(33(34,35)36)16-38-32(42-31)40-26-14-28(47-5)37-15-19(26)2/h6-11,14-16,20H,1,12-13,17-18H2,2-5H3,(H,41,46)(H2,37,38,39,40,42)/t20-/m0/s1. The molecule has 0 bridgehead atoms. The summed E-state index contributed by atoms with van der Waals surface area (Å²) in [6, 6.07) is 5.07. The lowest BCUT2D eigenvalue weighted by Crippen LogP contribution is -2.52. The molecule has 0 unspecified atom stereocenters. The maximum absolute atomic E-state index is 14.3. The average Bonchev–Trinajstić information content (AvgIpc) is 3.00. The quantitative estimate of drug-likeness (QED) is 0.233. The van der Waals surface area contributed by atoms with E-state index in [0.717, 1.165) is 17.2 Å². The maximum Gasteiger partial charge on any atom is 0.421 e. The van der Waals surface area contributed by atoms with E-state index in [1.165, 1.54) is 7.11 Å². The van der Waals surface area contributed by atoms with Crippen LogP contribution in [-0.4, -0.2) is 69.4 Å². The fourth-order valence-corrected chi connectivity index (χ4v) is 5.35. The van der Waals surface area contributed by atoms with Gasteiger partial charge < -0.3 is 25.6 Å². The first kappa shape index (κ1) is 33.1. The number of nitrogens with one attached hydrogen (secondary N) is 3. The van der Waals surface area contributed by atoms with Crippen molar-refractivity contribution < 1.29 is 27.5 Å². The van der Waals surface area contributed by atoms with Crippen molar-refractivity contribution in [3.8, 4) is 5.88 Å². The Kier molecular flexibility index (Phi) is 9.61. The molecule has 0 spiro atoms. The highest BCUT2D eigenvalue weighted by Crippen LogP contribution is 2.42. The second-order valence-corrected chi connectivity index (χ2v) is 11.2. The van der Waals surface area contributed by atoms with Gasteiger partial charge in [0, 0.05) is 63.2 Å². The van der Waals surface area contributed by atoms with Crippen LogP contribution in [0.4, 0.5) is 42.0 Å². The Morgan fingerprint density at radius 2 is 1.91 bits per heavy atom. The minimum atomic E-state index is -4.79. The summed E-state index contributed by atoms with van der Waals surface area (Å²) in [6.45, 7) is 11.2. The minimum Gasteiger partial charge on any atom is -0.481 e. The first-order valence-electron chi connectivity index (χ1n) is 14.8. The molecule has 14 heteroatoms. The fourth-order valence-electron chi connectivity index (χ4n) is 5.35. The number of anilines is 5. The molecule has 2 aromatic heterocycles. The molecule has 3 heterocycles. The predicted octanol–water partition coefficient (Wildman–Crippen LogP) is 5.82. The Balaban J connectivity index is 1.56. The second-order valence-electron chi connectivity index (χ2n) is 11.2. The average molecular weight is 649 g/mol. The van der Waals surface area contributed by atoms with E-state index in [-0.39, 0.29) is 29.3 Å². The molecule has 1 aliphatic heterocycles. The van der Waals surface area contributed by atoms with Crippen molar-refractivity contribution in [1.29, 1.82) is 0 Å². The van der Waals surface area contributed by atoms with Crippen LogP contribution in [0.2, 0.25) is 0 Å². The summed E-state index contributed by atoms with van der Waals surface area (Å²) in [4.78, 5) is 40.9. The third-order valence-electron chi connectivity index (χ3n) is 8.03. The molecule has 5 rings (SSSR count). The number of aryl methyl sites for hydroxylation is 1. The van der Waals surface area contributed by atoms with Crippen molar-refractivity contribution in [3.05, 3.63) is 83.7 Å². The summed E-state index contributed by atoms with van der Waals surface area (Å²) in [7, 11) is 1.45. The third-order valence-corrected chi connectivity index (χ3v) is 8.03. The van der Waals surface area contributed by atoms with Crippen LogP contribution in [-0.2, 0) is 22.3 Å². The molecule has 1 aromatic carbocycles. The Morgan fingerprint density at radius 1 is 1.15 bits per heavy atom. The van der Waals surface area contributed by atoms with Crippen LogP contribution in [0.1, 0.15) is 36.1 Å². The number of amides is 2. The highest BCUT2D eigenvalue weighted by molar-refractivity contribution is 6.06. The summed E-state index contributed by atoms with van der Waals surface area (Å²) in [6.07, 6.45) is 4.12. The number of piperazine rings is 1. The fraction of sp³-hybridized carbons (Fsp3) is 0.303. The highest BCUT2D eigenvalue weighted by Gasteiger charge is 2.36. The molecule has 1 atom stereocenters. The molecule has 0 radical (unpaired) electrons. The smallest absolute Gasteiger partial charge is 0.421 e. The molecule has 246 valence electrons. The molecule has 2 aliphatic rings. The first-order chi connectivity index (χ1) is 22.4. The van der Waals surface area contributed by atoms with E-state index in [2.05, 4.69) is 42.4 Å². The Labute approximate surface area is 270 Å². The Morgan fingerprint density at radius 3 is 2.53 bits per heavy atom. The van der Waals surface area contributed by atoms with Crippen LogP contribution in [0.3, 0.4) is 0 Å². The number of aromatic nitrogens is 3. The molecule has 47 heavy (non-hydrogen) atoms.